The van der Waals surface area contributed by atoms with E-state index in [1.807, 2.05) is 0 Å². The van der Waals surface area contributed by atoms with Crippen LogP contribution in [0.2, 0.25) is 0 Å². The van der Waals surface area contributed by atoms with E-state index in [0.717, 1.165) is 12.1 Å². The van der Waals surface area contributed by atoms with Crippen LogP contribution in [0.5, 0.6) is 0 Å². The highest BCUT2D eigenvalue weighted by molar-refractivity contribution is 4.87. The molecule has 2 atom stereocenters. The number of rotatable bonds is 2. The van der Waals surface area contributed by atoms with E-state index in [1.54, 1.807) is 0 Å². The summed E-state index contributed by atoms with van der Waals surface area (Å²) in [5, 5.41) is 3.43. The summed E-state index contributed by atoms with van der Waals surface area (Å²) < 4.78 is 0. The van der Waals surface area contributed by atoms with E-state index in [0.29, 0.717) is 0 Å². The number of nitrogens with one attached hydrogen (secondary N) is 1. The molecule has 0 aliphatic carbocycles. The highest BCUT2D eigenvalue weighted by Crippen LogP contribution is 2.17. The summed E-state index contributed by atoms with van der Waals surface area (Å²) in [5.41, 5.74) is 0. The molecule has 76 valence electrons. The van der Waals surface area contributed by atoms with E-state index in [4.69, 9.17) is 0 Å². The fourth-order valence-corrected chi connectivity index (χ4v) is 2.53. The molecule has 13 heavy (non-hydrogen) atoms. The minimum absolute atomic E-state index is 0.788. The van der Waals surface area contributed by atoms with E-state index in [1.165, 1.54) is 39.0 Å². The molecule has 0 spiro atoms. The van der Waals surface area contributed by atoms with E-state index in [9.17, 15) is 0 Å². The Labute approximate surface area is 81.1 Å². The molecule has 0 aromatic heterocycles. The van der Waals surface area contributed by atoms with Crippen molar-refractivity contribution in [3.8, 4) is 0 Å². The Kier molecular flexibility index (Phi) is 2.86. The molecule has 2 aliphatic rings. The Hall–Kier alpha value is -0.120. The molecule has 1 N–H and O–H groups in total. The molecule has 0 saturated carbocycles. The topological polar surface area (TPSA) is 18.5 Å². The molecular formula is C10H21N3. The third-order valence-corrected chi connectivity index (χ3v) is 3.55. The van der Waals surface area contributed by atoms with Gasteiger partial charge in [-0.2, -0.15) is 0 Å². The van der Waals surface area contributed by atoms with Gasteiger partial charge in [0, 0.05) is 25.2 Å². The van der Waals surface area contributed by atoms with E-state index >= 15 is 0 Å². The number of nitrogens with zero attached hydrogens (tertiary/aromatic N) is 2. The zero-order chi connectivity index (χ0) is 9.26. The van der Waals surface area contributed by atoms with Gasteiger partial charge in [-0.15, -0.1) is 0 Å². The van der Waals surface area contributed by atoms with Crippen LogP contribution in [-0.4, -0.2) is 62.2 Å². The standard InChI is InChI=1S/C10H21N3/c1-12-6-4-10(8-12)13(2)9-3-5-11-7-9/h9-11H,3-8H2,1-2H3/t9-,10-/m0/s1. The summed E-state index contributed by atoms with van der Waals surface area (Å²) in [4.78, 5) is 5.02. The maximum atomic E-state index is 3.43. The molecule has 0 aromatic carbocycles. The predicted octanol–water partition coefficient (Wildman–Crippen LogP) is -0.0158. The molecule has 3 nitrogen and oxygen atoms in total. The monoisotopic (exact) mass is 183 g/mol. The van der Waals surface area contributed by atoms with Gasteiger partial charge in [0.2, 0.25) is 0 Å². The van der Waals surface area contributed by atoms with Crippen molar-refractivity contribution in [3.63, 3.8) is 0 Å². The first kappa shape index (κ1) is 9.44. The fourth-order valence-electron chi connectivity index (χ4n) is 2.53. The summed E-state index contributed by atoms with van der Waals surface area (Å²) in [6, 6.07) is 1.59. The highest BCUT2D eigenvalue weighted by atomic mass is 15.3. The predicted molar refractivity (Wildman–Crippen MR) is 54.9 cm³/mol. The molecule has 2 aliphatic heterocycles. The van der Waals surface area contributed by atoms with Gasteiger partial charge in [-0.3, -0.25) is 4.90 Å². The van der Waals surface area contributed by atoms with Crippen LogP contribution >= 0.6 is 0 Å². The minimum Gasteiger partial charge on any atom is -0.315 e. The zero-order valence-corrected chi connectivity index (χ0v) is 8.79. The summed E-state index contributed by atoms with van der Waals surface area (Å²) in [7, 11) is 4.52. The SMILES string of the molecule is CN1CC[C@H](N(C)[C@H]2CCNC2)C1. The Bertz CT molecular complexity index is 166. The minimum atomic E-state index is 0.788. The summed E-state index contributed by atoms with van der Waals surface area (Å²) in [5.74, 6) is 0. The quantitative estimate of drug-likeness (QED) is 0.649. The molecule has 0 bridgehead atoms. The maximum absolute atomic E-state index is 3.43. The zero-order valence-electron chi connectivity index (χ0n) is 8.79. The summed E-state index contributed by atoms with van der Waals surface area (Å²) in [6.45, 7) is 4.93. The largest absolute Gasteiger partial charge is 0.315 e. The number of hydrogen-bond acceptors (Lipinski definition) is 3. The Morgan fingerprint density at radius 2 is 2.15 bits per heavy atom. The highest BCUT2D eigenvalue weighted by Gasteiger charge is 2.29. The van der Waals surface area contributed by atoms with Crippen molar-refractivity contribution in [2.24, 2.45) is 0 Å². The average molecular weight is 183 g/mol. The normalized spacial score (nSPS) is 36.2. The molecule has 3 heteroatoms. The van der Waals surface area contributed by atoms with Gasteiger partial charge in [-0.1, -0.05) is 0 Å². The third kappa shape index (κ3) is 2.03. The van der Waals surface area contributed by atoms with Crippen LogP contribution in [0.4, 0.5) is 0 Å². The molecule has 2 heterocycles. The van der Waals surface area contributed by atoms with Crippen molar-refractivity contribution < 1.29 is 0 Å². The lowest BCUT2D eigenvalue weighted by molar-refractivity contribution is 0.185. The molecule has 0 aromatic rings. The molecular weight excluding hydrogens is 162 g/mol. The number of likely N-dealkylation sites (tertiary alicyclic amines) is 1. The first-order valence-corrected chi connectivity index (χ1v) is 5.38. The number of hydrogen-bond donors (Lipinski definition) is 1. The lowest BCUT2D eigenvalue weighted by Crippen LogP contribution is -2.42. The van der Waals surface area contributed by atoms with Crippen molar-refractivity contribution in [1.29, 1.82) is 0 Å². The van der Waals surface area contributed by atoms with E-state index in [-0.39, 0.29) is 0 Å². The second-order valence-corrected chi connectivity index (χ2v) is 4.52. The van der Waals surface area contributed by atoms with Gasteiger partial charge in [0.05, 0.1) is 0 Å². The van der Waals surface area contributed by atoms with Crippen LogP contribution < -0.4 is 5.32 Å². The first-order chi connectivity index (χ1) is 6.27. The van der Waals surface area contributed by atoms with Gasteiger partial charge in [-0.05, 0) is 40.0 Å². The van der Waals surface area contributed by atoms with Gasteiger partial charge < -0.3 is 10.2 Å². The summed E-state index contributed by atoms with van der Waals surface area (Å²) >= 11 is 0. The van der Waals surface area contributed by atoms with Gasteiger partial charge >= 0.3 is 0 Å². The van der Waals surface area contributed by atoms with Crippen molar-refractivity contribution in [2.75, 3.05) is 40.3 Å². The van der Waals surface area contributed by atoms with Crippen LogP contribution in [0.1, 0.15) is 12.8 Å². The molecule has 0 amide bonds. The van der Waals surface area contributed by atoms with Crippen molar-refractivity contribution in [3.05, 3.63) is 0 Å². The summed E-state index contributed by atoms with van der Waals surface area (Å²) in [6.07, 6.45) is 2.68. The third-order valence-electron chi connectivity index (χ3n) is 3.55. The molecule has 2 saturated heterocycles. The van der Waals surface area contributed by atoms with Gasteiger partial charge in [-0.25, -0.2) is 0 Å². The van der Waals surface area contributed by atoms with Crippen LogP contribution in [-0.2, 0) is 0 Å². The Morgan fingerprint density at radius 1 is 1.31 bits per heavy atom. The lowest BCUT2D eigenvalue weighted by Gasteiger charge is -2.29. The van der Waals surface area contributed by atoms with Crippen molar-refractivity contribution >= 4 is 0 Å². The van der Waals surface area contributed by atoms with E-state index < -0.39 is 0 Å². The fraction of sp³-hybridized carbons (Fsp3) is 1.00. The molecule has 0 unspecified atom stereocenters. The van der Waals surface area contributed by atoms with Crippen molar-refractivity contribution in [1.82, 2.24) is 15.1 Å². The maximum Gasteiger partial charge on any atom is 0.0235 e. The second-order valence-electron chi connectivity index (χ2n) is 4.52. The van der Waals surface area contributed by atoms with Crippen LogP contribution in [0.25, 0.3) is 0 Å². The van der Waals surface area contributed by atoms with Crippen LogP contribution in [0.3, 0.4) is 0 Å². The van der Waals surface area contributed by atoms with Gasteiger partial charge in [0.25, 0.3) is 0 Å². The Balaban J connectivity index is 1.85. The lowest BCUT2D eigenvalue weighted by atomic mass is 10.1. The first-order valence-electron chi connectivity index (χ1n) is 5.38. The van der Waals surface area contributed by atoms with Crippen LogP contribution in [0.15, 0.2) is 0 Å². The smallest absolute Gasteiger partial charge is 0.0235 e. The van der Waals surface area contributed by atoms with Crippen molar-refractivity contribution in [2.45, 2.75) is 24.9 Å². The molecule has 2 rings (SSSR count). The second kappa shape index (κ2) is 3.95. The van der Waals surface area contributed by atoms with Gasteiger partial charge in [0.1, 0.15) is 0 Å². The number of likely N-dealkylation sites (N-methyl/N-ethyl adjacent to an activating group) is 2. The van der Waals surface area contributed by atoms with E-state index in [2.05, 4.69) is 29.2 Å². The van der Waals surface area contributed by atoms with Crippen LogP contribution in [0, 0.1) is 0 Å². The average Bonchev–Trinajstić information content (AvgIpc) is 2.72. The Morgan fingerprint density at radius 3 is 2.69 bits per heavy atom. The molecule has 2 fully saturated rings. The van der Waals surface area contributed by atoms with Gasteiger partial charge in [0.15, 0.2) is 0 Å². The molecule has 0 radical (unpaired) electrons.